The SMILES string of the molecule is Cc1cc(-n2ccnc2)ccc1-n1c(N)c2c(cc1=O)C(=O)NC2=O. The Morgan fingerprint density at radius 1 is 1.12 bits per heavy atom. The third-order valence-corrected chi connectivity index (χ3v) is 4.18. The Morgan fingerprint density at radius 3 is 2.60 bits per heavy atom. The fraction of sp³-hybridized carbons (Fsp3) is 0.0588. The van der Waals surface area contributed by atoms with E-state index in [-0.39, 0.29) is 16.9 Å². The Kier molecular flexibility index (Phi) is 3.08. The number of aryl methyl sites for hydroxylation is 1. The quantitative estimate of drug-likeness (QED) is 0.673. The summed E-state index contributed by atoms with van der Waals surface area (Å²) in [5, 5.41) is 2.15. The Bertz CT molecular complexity index is 1100. The number of aromatic nitrogens is 3. The van der Waals surface area contributed by atoms with Crippen LogP contribution in [0.2, 0.25) is 0 Å². The van der Waals surface area contributed by atoms with Crippen LogP contribution in [0.15, 0.2) is 47.8 Å². The van der Waals surface area contributed by atoms with Crippen molar-refractivity contribution in [2.45, 2.75) is 6.92 Å². The zero-order valence-electron chi connectivity index (χ0n) is 13.2. The summed E-state index contributed by atoms with van der Waals surface area (Å²) in [6.45, 7) is 1.83. The van der Waals surface area contributed by atoms with Gasteiger partial charge in [0.1, 0.15) is 5.82 Å². The van der Waals surface area contributed by atoms with Crippen molar-refractivity contribution in [1.29, 1.82) is 0 Å². The molecule has 124 valence electrons. The number of imidazole rings is 1. The van der Waals surface area contributed by atoms with Crippen molar-refractivity contribution < 1.29 is 9.59 Å². The van der Waals surface area contributed by atoms with Crippen LogP contribution < -0.4 is 16.6 Å². The molecule has 0 atom stereocenters. The fourth-order valence-electron chi connectivity index (χ4n) is 2.99. The van der Waals surface area contributed by atoms with Gasteiger partial charge >= 0.3 is 0 Å². The Hall–Kier alpha value is -3.68. The van der Waals surface area contributed by atoms with Gasteiger partial charge in [-0.2, -0.15) is 0 Å². The van der Waals surface area contributed by atoms with Crippen LogP contribution in [0, 0.1) is 6.92 Å². The maximum atomic E-state index is 12.5. The zero-order chi connectivity index (χ0) is 17.7. The van der Waals surface area contributed by atoms with E-state index in [1.165, 1.54) is 4.57 Å². The maximum absolute atomic E-state index is 12.5. The van der Waals surface area contributed by atoms with Crippen LogP contribution in [0.1, 0.15) is 26.3 Å². The molecule has 0 saturated carbocycles. The van der Waals surface area contributed by atoms with Gasteiger partial charge in [-0.1, -0.05) is 0 Å². The number of anilines is 1. The molecule has 0 spiro atoms. The van der Waals surface area contributed by atoms with Gasteiger partial charge < -0.3 is 10.3 Å². The highest BCUT2D eigenvalue weighted by Crippen LogP contribution is 2.25. The average molecular weight is 335 g/mol. The molecular weight excluding hydrogens is 322 g/mol. The third-order valence-electron chi connectivity index (χ3n) is 4.18. The van der Waals surface area contributed by atoms with Crippen LogP contribution in [0.4, 0.5) is 5.82 Å². The second kappa shape index (κ2) is 5.17. The van der Waals surface area contributed by atoms with E-state index in [1.807, 2.05) is 23.6 Å². The van der Waals surface area contributed by atoms with Gasteiger partial charge in [-0.3, -0.25) is 24.3 Å². The first-order chi connectivity index (χ1) is 12.0. The minimum atomic E-state index is -0.608. The van der Waals surface area contributed by atoms with Gasteiger partial charge in [0.25, 0.3) is 17.4 Å². The number of carbonyl (C=O) groups excluding carboxylic acids is 2. The zero-order valence-corrected chi connectivity index (χ0v) is 13.2. The lowest BCUT2D eigenvalue weighted by atomic mass is 10.1. The Labute approximate surface area is 141 Å². The minimum absolute atomic E-state index is 0.0106. The first-order valence-electron chi connectivity index (χ1n) is 7.48. The van der Waals surface area contributed by atoms with Crippen LogP contribution in [0.5, 0.6) is 0 Å². The van der Waals surface area contributed by atoms with E-state index in [0.717, 1.165) is 17.3 Å². The number of fused-ring (bicyclic) bond motifs is 1. The molecule has 8 nitrogen and oxygen atoms in total. The van der Waals surface area contributed by atoms with Gasteiger partial charge in [0.05, 0.1) is 23.1 Å². The number of nitrogen functional groups attached to an aromatic ring is 1. The molecule has 2 amide bonds. The van der Waals surface area contributed by atoms with Crippen molar-refractivity contribution in [3.63, 3.8) is 0 Å². The number of rotatable bonds is 2. The molecule has 3 N–H and O–H groups in total. The molecule has 0 bridgehead atoms. The first-order valence-corrected chi connectivity index (χ1v) is 7.48. The minimum Gasteiger partial charge on any atom is -0.384 e. The number of nitrogens with zero attached hydrogens (tertiary/aromatic N) is 3. The predicted octanol–water partition coefficient (Wildman–Crippen LogP) is 0.797. The molecule has 25 heavy (non-hydrogen) atoms. The molecule has 1 aromatic carbocycles. The number of hydrogen-bond acceptors (Lipinski definition) is 5. The second-order valence-corrected chi connectivity index (χ2v) is 5.72. The van der Waals surface area contributed by atoms with E-state index >= 15 is 0 Å². The lowest BCUT2D eigenvalue weighted by Gasteiger charge is -2.15. The van der Waals surface area contributed by atoms with Crippen molar-refractivity contribution in [3.05, 3.63) is 70.0 Å². The summed E-state index contributed by atoms with van der Waals surface area (Å²) < 4.78 is 3.07. The molecule has 0 fully saturated rings. The summed E-state index contributed by atoms with van der Waals surface area (Å²) in [7, 11) is 0. The van der Waals surface area contributed by atoms with Gasteiger partial charge in [-0.25, -0.2) is 4.98 Å². The van der Waals surface area contributed by atoms with Crippen molar-refractivity contribution in [2.75, 3.05) is 5.73 Å². The van der Waals surface area contributed by atoms with Gasteiger partial charge in [0, 0.05) is 24.1 Å². The summed E-state index contributed by atoms with van der Waals surface area (Å²) in [5.74, 6) is -1.26. The molecule has 0 unspecified atom stereocenters. The van der Waals surface area contributed by atoms with E-state index in [9.17, 15) is 14.4 Å². The van der Waals surface area contributed by atoms with Gasteiger partial charge in [-0.05, 0) is 30.7 Å². The maximum Gasteiger partial charge on any atom is 0.262 e. The van der Waals surface area contributed by atoms with Gasteiger partial charge in [-0.15, -0.1) is 0 Å². The number of pyridine rings is 1. The molecule has 0 radical (unpaired) electrons. The lowest BCUT2D eigenvalue weighted by Crippen LogP contribution is -2.24. The molecule has 1 aliphatic rings. The number of nitrogens with one attached hydrogen (secondary N) is 1. The summed E-state index contributed by atoms with van der Waals surface area (Å²) in [4.78, 5) is 40.2. The molecule has 2 aromatic heterocycles. The first kappa shape index (κ1) is 14.9. The predicted molar refractivity (Wildman–Crippen MR) is 90.1 cm³/mol. The summed E-state index contributed by atoms with van der Waals surface area (Å²) >= 11 is 0. The molecular formula is C17H13N5O3. The normalized spacial score (nSPS) is 13.0. The number of carbonyl (C=O) groups is 2. The smallest absolute Gasteiger partial charge is 0.262 e. The highest BCUT2D eigenvalue weighted by molar-refractivity contribution is 6.23. The lowest BCUT2D eigenvalue weighted by molar-refractivity contribution is 0.0880. The Balaban J connectivity index is 1.92. The standard InChI is InChI=1S/C17H13N5O3/c1-9-6-10(21-5-4-19-8-21)2-3-12(9)22-13(23)7-11-14(15(22)18)17(25)20-16(11)24/h2-8H,18H2,1H3,(H,20,24,25). The van der Waals surface area contributed by atoms with Crippen molar-refractivity contribution in [3.8, 4) is 11.4 Å². The highest BCUT2D eigenvalue weighted by Gasteiger charge is 2.32. The van der Waals surface area contributed by atoms with Crippen molar-refractivity contribution in [1.82, 2.24) is 19.4 Å². The van der Waals surface area contributed by atoms with Gasteiger partial charge in [0.2, 0.25) is 0 Å². The molecule has 4 rings (SSSR count). The topological polar surface area (TPSA) is 112 Å². The molecule has 0 aliphatic carbocycles. The second-order valence-electron chi connectivity index (χ2n) is 5.72. The Morgan fingerprint density at radius 2 is 1.92 bits per heavy atom. The number of hydrogen-bond donors (Lipinski definition) is 2. The third kappa shape index (κ3) is 2.15. The van der Waals surface area contributed by atoms with E-state index in [2.05, 4.69) is 10.3 Å². The fourth-order valence-corrected chi connectivity index (χ4v) is 2.99. The largest absolute Gasteiger partial charge is 0.384 e. The van der Waals surface area contributed by atoms with E-state index in [1.54, 1.807) is 24.8 Å². The molecule has 3 aromatic rings. The molecule has 1 aliphatic heterocycles. The van der Waals surface area contributed by atoms with Crippen LogP contribution in [-0.2, 0) is 0 Å². The van der Waals surface area contributed by atoms with Gasteiger partial charge in [0.15, 0.2) is 0 Å². The highest BCUT2D eigenvalue weighted by atomic mass is 16.2. The van der Waals surface area contributed by atoms with E-state index in [0.29, 0.717) is 5.69 Å². The van der Waals surface area contributed by atoms with Crippen LogP contribution in [-0.4, -0.2) is 25.9 Å². The number of nitrogens with two attached hydrogens (primary N) is 1. The summed E-state index contributed by atoms with van der Waals surface area (Å²) in [5.41, 5.74) is 7.82. The molecule has 0 saturated heterocycles. The summed E-state index contributed by atoms with van der Waals surface area (Å²) in [6.07, 6.45) is 5.14. The molecule has 8 heteroatoms. The van der Waals surface area contributed by atoms with Crippen molar-refractivity contribution >= 4 is 17.6 Å². The summed E-state index contributed by atoms with van der Waals surface area (Å²) in [6, 6.07) is 6.56. The number of imide groups is 1. The van der Waals surface area contributed by atoms with E-state index < -0.39 is 17.4 Å². The number of benzene rings is 1. The average Bonchev–Trinajstić information content (AvgIpc) is 3.18. The number of amides is 2. The van der Waals surface area contributed by atoms with Crippen LogP contribution in [0.25, 0.3) is 11.4 Å². The monoisotopic (exact) mass is 335 g/mol. The van der Waals surface area contributed by atoms with Crippen LogP contribution in [0.3, 0.4) is 0 Å². The van der Waals surface area contributed by atoms with Crippen LogP contribution >= 0.6 is 0 Å². The van der Waals surface area contributed by atoms with Crippen molar-refractivity contribution in [2.24, 2.45) is 0 Å². The molecule has 3 heterocycles. The van der Waals surface area contributed by atoms with E-state index in [4.69, 9.17) is 5.73 Å².